The van der Waals surface area contributed by atoms with E-state index in [1.807, 2.05) is 24.3 Å². The van der Waals surface area contributed by atoms with Crippen LogP contribution in [0.25, 0.3) is 0 Å². The average molecular weight is 309 g/mol. The molecule has 1 aliphatic rings. The first-order valence-corrected chi connectivity index (χ1v) is 7.83. The maximum Gasteiger partial charge on any atom is 0.124 e. The van der Waals surface area contributed by atoms with Gasteiger partial charge in [-0.05, 0) is 19.9 Å². The number of hydrogen-bond donors (Lipinski definition) is 1. The second-order valence-corrected chi connectivity index (χ2v) is 5.93. The van der Waals surface area contributed by atoms with Crippen LogP contribution >= 0.6 is 0 Å². The van der Waals surface area contributed by atoms with Crippen LogP contribution < -0.4 is 4.74 Å². The summed E-state index contributed by atoms with van der Waals surface area (Å²) in [5, 5.41) is 10.2. The molecule has 1 fully saturated rings. The van der Waals surface area contributed by atoms with Crippen molar-refractivity contribution in [2.24, 2.45) is 0 Å². The Morgan fingerprint density at radius 3 is 2.91 bits per heavy atom. The van der Waals surface area contributed by atoms with E-state index in [-0.39, 0.29) is 6.10 Å². The van der Waals surface area contributed by atoms with Crippen LogP contribution in [0.3, 0.4) is 0 Å². The van der Waals surface area contributed by atoms with Gasteiger partial charge in [-0.15, -0.1) is 0 Å². The Balaban J connectivity index is 1.74. The summed E-state index contributed by atoms with van der Waals surface area (Å²) in [5.41, 5.74) is 0.991. The molecular formula is C17H27NO4. The second kappa shape index (κ2) is 8.48. The van der Waals surface area contributed by atoms with Crippen LogP contribution in [0.15, 0.2) is 24.3 Å². The molecule has 3 atom stereocenters. The van der Waals surface area contributed by atoms with Gasteiger partial charge in [-0.25, -0.2) is 0 Å². The topological polar surface area (TPSA) is 51.2 Å². The van der Waals surface area contributed by atoms with Gasteiger partial charge >= 0.3 is 0 Å². The predicted molar refractivity (Wildman–Crippen MR) is 85.1 cm³/mol. The lowest BCUT2D eigenvalue weighted by Crippen LogP contribution is -2.50. The predicted octanol–water partition coefficient (Wildman–Crippen LogP) is 1.68. The van der Waals surface area contributed by atoms with Crippen molar-refractivity contribution in [1.29, 1.82) is 0 Å². The van der Waals surface area contributed by atoms with Gasteiger partial charge in [-0.3, -0.25) is 4.90 Å². The summed E-state index contributed by atoms with van der Waals surface area (Å²) in [5.74, 6) is 0.813. The molecule has 0 amide bonds. The third-order valence-corrected chi connectivity index (χ3v) is 3.94. The number of benzene rings is 1. The Kier molecular flexibility index (Phi) is 6.64. The molecule has 0 aliphatic carbocycles. The van der Waals surface area contributed by atoms with Crippen LogP contribution in [-0.4, -0.2) is 61.7 Å². The fourth-order valence-electron chi connectivity index (χ4n) is 2.68. The molecule has 1 saturated heterocycles. The molecule has 0 radical (unpaired) electrons. The highest BCUT2D eigenvalue weighted by atomic mass is 16.5. The van der Waals surface area contributed by atoms with Gasteiger partial charge in [0.25, 0.3) is 0 Å². The van der Waals surface area contributed by atoms with E-state index in [1.54, 1.807) is 7.11 Å². The van der Waals surface area contributed by atoms with Gasteiger partial charge in [0.2, 0.25) is 0 Å². The fourth-order valence-corrected chi connectivity index (χ4v) is 2.68. The number of β-amino-alcohol motifs (C(OH)–C–C–N with tert-alkyl or cyclic N) is 1. The quantitative estimate of drug-likeness (QED) is 0.830. The minimum absolute atomic E-state index is 0.220. The summed E-state index contributed by atoms with van der Waals surface area (Å²) in [7, 11) is 1.65. The van der Waals surface area contributed by atoms with E-state index in [4.69, 9.17) is 14.2 Å². The molecule has 0 unspecified atom stereocenters. The average Bonchev–Trinajstić information content (AvgIpc) is 2.51. The van der Waals surface area contributed by atoms with Crippen molar-refractivity contribution in [3.05, 3.63) is 29.8 Å². The molecule has 0 saturated carbocycles. The first-order valence-electron chi connectivity index (χ1n) is 7.83. The summed E-state index contributed by atoms with van der Waals surface area (Å²) in [6.07, 6.45) is -0.277. The number of nitrogens with zero attached hydrogens (tertiary/aromatic N) is 1. The first kappa shape index (κ1) is 17.2. The van der Waals surface area contributed by atoms with Crippen LogP contribution in [0.5, 0.6) is 5.75 Å². The SMILES string of the molecule is COc1ccccc1COC[C@H](O)CN1C[C@@H](C)OC[C@@H]1C. The Morgan fingerprint density at radius 1 is 1.36 bits per heavy atom. The van der Waals surface area contributed by atoms with E-state index in [1.165, 1.54) is 0 Å². The molecule has 1 aromatic rings. The summed E-state index contributed by atoms with van der Waals surface area (Å²) in [6, 6.07) is 8.09. The van der Waals surface area contributed by atoms with Crippen LogP contribution in [-0.2, 0) is 16.1 Å². The van der Waals surface area contributed by atoms with Crippen molar-refractivity contribution >= 4 is 0 Å². The molecule has 0 bridgehead atoms. The summed E-state index contributed by atoms with van der Waals surface area (Å²) >= 11 is 0. The van der Waals surface area contributed by atoms with E-state index in [9.17, 15) is 5.11 Å². The fraction of sp³-hybridized carbons (Fsp3) is 0.647. The van der Waals surface area contributed by atoms with Gasteiger partial charge in [-0.1, -0.05) is 18.2 Å². The van der Waals surface area contributed by atoms with Gasteiger partial charge in [0, 0.05) is 24.7 Å². The van der Waals surface area contributed by atoms with E-state index >= 15 is 0 Å². The van der Waals surface area contributed by atoms with Crippen molar-refractivity contribution in [2.75, 3.05) is 33.4 Å². The van der Waals surface area contributed by atoms with E-state index in [0.717, 1.165) is 24.5 Å². The lowest BCUT2D eigenvalue weighted by molar-refractivity contribution is -0.0712. The molecule has 1 aromatic carbocycles. The minimum Gasteiger partial charge on any atom is -0.496 e. The van der Waals surface area contributed by atoms with Crippen LogP contribution in [0.1, 0.15) is 19.4 Å². The van der Waals surface area contributed by atoms with E-state index < -0.39 is 6.10 Å². The highest BCUT2D eigenvalue weighted by Crippen LogP contribution is 2.18. The number of morpholine rings is 1. The van der Waals surface area contributed by atoms with Gasteiger partial charge in [0.1, 0.15) is 5.75 Å². The Labute approximate surface area is 132 Å². The number of para-hydroxylation sites is 1. The maximum absolute atomic E-state index is 10.2. The number of ether oxygens (including phenoxy) is 3. The largest absolute Gasteiger partial charge is 0.496 e. The normalized spacial score (nSPS) is 24.2. The van der Waals surface area contributed by atoms with E-state index in [0.29, 0.717) is 25.8 Å². The van der Waals surface area contributed by atoms with Crippen molar-refractivity contribution in [3.63, 3.8) is 0 Å². The van der Waals surface area contributed by atoms with E-state index in [2.05, 4.69) is 18.7 Å². The van der Waals surface area contributed by atoms with Gasteiger partial charge in [0.15, 0.2) is 0 Å². The Hall–Kier alpha value is -1.14. The lowest BCUT2D eigenvalue weighted by atomic mass is 10.2. The molecule has 5 heteroatoms. The standard InChI is InChI=1S/C17H27NO4/c1-13-10-22-14(2)8-18(13)9-16(19)12-21-11-15-6-4-5-7-17(15)20-3/h4-7,13-14,16,19H,8-12H2,1-3H3/t13-,14+,16+/m0/s1. The minimum atomic E-state index is -0.498. The number of rotatable bonds is 7. The Bertz CT molecular complexity index is 454. The molecule has 124 valence electrons. The zero-order valence-corrected chi connectivity index (χ0v) is 13.7. The van der Waals surface area contributed by atoms with Gasteiger partial charge < -0.3 is 19.3 Å². The summed E-state index contributed by atoms with van der Waals surface area (Å²) in [4.78, 5) is 2.26. The monoisotopic (exact) mass is 309 g/mol. The summed E-state index contributed by atoms with van der Waals surface area (Å²) in [6.45, 7) is 7.12. The number of aliphatic hydroxyl groups is 1. The number of methoxy groups -OCH3 is 1. The molecule has 1 aliphatic heterocycles. The smallest absolute Gasteiger partial charge is 0.124 e. The molecule has 0 spiro atoms. The molecule has 0 aromatic heterocycles. The van der Waals surface area contributed by atoms with Crippen molar-refractivity contribution in [2.45, 2.75) is 38.7 Å². The van der Waals surface area contributed by atoms with Crippen LogP contribution in [0, 0.1) is 0 Å². The van der Waals surface area contributed by atoms with Crippen molar-refractivity contribution in [1.82, 2.24) is 4.90 Å². The van der Waals surface area contributed by atoms with Crippen LogP contribution in [0.2, 0.25) is 0 Å². The van der Waals surface area contributed by atoms with Crippen molar-refractivity contribution < 1.29 is 19.3 Å². The lowest BCUT2D eigenvalue weighted by Gasteiger charge is -2.37. The highest BCUT2D eigenvalue weighted by molar-refractivity contribution is 5.32. The zero-order chi connectivity index (χ0) is 15.9. The van der Waals surface area contributed by atoms with Crippen molar-refractivity contribution in [3.8, 4) is 5.75 Å². The van der Waals surface area contributed by atoms with Gasteiger partial charge in [-0.2, -0.15) is 0 Å². The first-order chi connectivity index (χ1) is 10.6. The molecular weight excluding hydrogens is 282 g/mol. The molecule has 1 N–H and O–H groups in total. The summed E-state index contributed by atoms with van der Waals surface area (Å²) < 4.78 is 16.5. The number of hydrogen-bond acceptors (Lipinski definition) is 5. The third-order valence-electron chi connectivity index (χ3n) is 3.94. The molecule has 5 nitrogen and oxygen atoms in total. The molecule has 1 heterocycles. The zero-order valence-electron chi connectivity index (χ0n) is 13.7. The van der Waals surface area contributed by atoms with Crippen LogP contribution in [0.4, 0.5) is 0 Å². The number of aliphatic hydroxyl groups excluding tert-OH is 1. The Morgan fingerprint density at radius 2 is 2.14 bits per heavy atom. The van der Waals surface area contributed by atoms with Gasteiger partial charge in [0.05, 0.1) is 39.1 Å². The second-order valence-electron chi connectivity index (χ2n) is 5.93. The maximum atomic E-state index is 10.2. The third kappa shape index (κ3) is 4.95. The molecule has 2 rings (SSSR count). The molecule has 22 heavy (non-hydrogen) atoms. The highest BCUT2D eigenvalue weighted by Gasteiger charge is 2.25.